The minimum atomic E-state index is -0.997. The Labute approximate surface area is 134 Å². The van der Waals surface area contributed by atoms with Crippen molar-refractivity contribution in [2.75, 3.05) is 5.32 Å². The molecule has 0 aliphatic heterocycles. The van der Waals surface area contributed by atoms with Gasteiger partial charge in [-0.25, -0.2) is 0 Å². The number of fused-ring (bicyclic) bond motifs is 1. The molecule has 0 spiro atoms. The Morgan fingerprint density at radius 1 is 1.45 bits per heavy atom. The SMILES string of the molecule is CCC[C@@H]1CCc2c(sc(NC(=O)CCC(=O)O)c2C#N)C1. The average molecular weight is 320 g/mol. The Morgan fingerprint density at radius 3 is 2.86 bits per heavy atom. The molecule has 1 aliphatic carbocycles. The lowest BCUT2D eigenvalue weighted by Gasteiger charge is -2.21. The molecule has 1 heterocycles. The second kappa shape index (κ2) is 7.41. The molecule has 2 N–H and O–H groups in total. The number of hydrogen-bond donors (Lipinski definition) is 2. The van der Waals surface area contributed by atoms with Crippen LogP contribution in [0.2, 0.25) is 0 Å². The molecule has 1 atom stereocenters. The van der Waals surface area contributed by atoms with Gasteiger partial charge in [-0.3, -0.25) is 9.59 Å². The Morgan fingerprint density at radius 2 is 2.23 bits per heavy atom. The van der Waals surface area contributed by atoms with E-state index in [-0.39, 0.29) is 18.7 Å². The van der Waals surface area contributed by atoms with Crippen LogP contribution < -0.4 is 5.32 Å². The number of carboxylic acids is 1. The fourth-order valence-electron chi connectivity index (χ4n) is 2.92. The Bertz CT molecular complexity index is 616. The third-order valence-electron chi connectivity index (χ3n) is 3.99. The lowest BCUT2D eigenvalue weighted by molar-refractivity contribution is -0.138. The number of thiophene rings is 1. The number of nitrogens with zero attached hydrogens (tertiary/aromatic N) is 1. The molecule has 0 saturated carbocycles. The third-order valence-corrected chi connectivity index (χ3v) is 5.16. The van der Waals surface area contributed by atoms with Crippen molar-refractivity contribution in [2.45, 2.75) is 51.9 Å². The standard InChI is InChI=1S/C16H20N2O3S/c1-2-3-10-4-5-11-12(9-17)16(22-13(11)8-10)18-14(19)6-7-15(20)21/h10H,2-8H2,1H3,(H,18,19)(H,20,21)/t10-/m1/s1. The molecule has 1 aliphatic rings. The van der Waals surface area contributed by atoms with Crippen LogP contribution in [-0.2, 0) is 22.4 Å². The molecule has 0 saturated heterocycles. The maximum Gasteiger partial charge on any atom is 0.303 e. The quantitative estimate of drug-likeness (QED) is 0.841. The monoisotopic (exact) mass is 320 g/mol. The first-order valence-electron chi connectivity index (χ1n) is 7.61. The molecule has 0 fully saturated rings. The Hall–Kier alpha value is -1.87. The van der Waals surface area contributed by atoms with Crippen LogP contribution in [-0.4, -0.2) is 17.0 Å². The number of nitrogens with one attached hydrogen (secondary N) is 1. The topological polar surface area (TPSA) is 90.2 Å². The van der Waals surface area contributed by atoms with E-state index in [2.05, 4.69) is 18.3 Å². The van der Waals surface area contributed by atoms with Gasteiger partial charge in [0.2, 0.25) is 5.91 Å². The summed E-state index contributed by atoms with van der Waals surface area (Å²) < 4.78 is 0. The fourth-order valence-corrected chi connectivity index (χ4v) is 4.25. The largest absolute Gasteiger partial charge is 0.481 e. The van der Waals surface area contributed by atoms with Crippen molar-refractivity contribution >= 4 is 28.2 Å². The summed E-state index contributed by atoms with van der Waals surface area (Å²) in [4.78, 5) is 23.5. The van der Waals surface area contributed by atoms with Crippen LogP contribution in [0.15, 0.2) is 0 Å². The van der Waals surface area contributed by atoms with E-state index in [0.717, 1.165) is 31.2 Å². The highest BCUT2D eigenvalue weighted by atomic mass is 32.1. The first-order chi connectivity index (χ1) is 10.5. The van der Waals surface area contributed by atoms with Gasteiger partial charge >= 0.3 is 5.97 Å². The number of carbonyl (C=O) groups excluding carboxylic acids is 1. The van der Waals surface area contributed by atoms with Crippen LogP contribution in [0.1, 0.15) is 55.0 Å². The van der Waals surface area contributed by atoms with Gasteiger partial charge in [0.05, 0.1) is 12.0 Å². The van der Waals surface area contributed by atoms with Crippen molar-refractivity contribution in [3.05, 3.63) is 16.0 Å². The van der Waals surface area contributed by atoms with E-state index in [1.807, 2.05) is 0 Å². The normalized spacial score (nSPS) is 16.6. The molecule has 22 heavy (non-hydrogen) atoms. The van der Waals surface area contributed by atoms with E-state index in [9.17, 15) is 14.9 Å². The molecule has 2 rings (SSSR count). The van der Waals surface area contributed by atoms with Crippen molar-refractivity contribution < 1.29 is 14.7 Å². The molecule has 0 aromatic carbocycles. The zero-order valence-electron chi connectivity index (χ0n) is 12.6. The van der Waals surface area contributed by atoms with Gasteiger partial charge in [0.15, 0.2) is 0 Å². The summed E-state index contributed by atoms with van der Waals surface area (Å²) in [6.45, 7) is 2.18. The molecule has 1 aromatic rings. The first-order valence-corrected chi connectivity index (χ1v) is 8.43. The minimum Gasteiger partial charge on any atom is -0.481 e. The van der Waals surface area contributed by atoms with Gasteiger partial charge in [0, 0.05) is 11.3 Å². The number of carboxylic acid groups (broad SMARTS) is 1. The summed E-state index contributed by atoms with van der Waals surface area (Å²) in [5.74, 6) is -0.676. The van der Waals surface area contributed by atoms with Crippen LogP contribution in [0.5, 0.6) is 0 Å². The number of carbonyl (C=O) groups is 2. The number of nitriles is 1. The fraction of sp³-hybridized carbons (Fsp3) is 0.562. The lowest BCUT2D eigenvalue weighted by Crippen LogP contribution is -2.13. The van der Waals surface area contributed by atoms with Gasteiger partial charge in [-0.1, -0.05) is 19.8 Å². The van der Waals surface area contributed by atoms with Gasteiger partial charge in [0.1, 0.15) is 11.1 Å². The predicted octanol–water partition coefficient (Wildman–Crippen LogP) is 3.33. The minimum absolute atomic E-state index is 0.0682. The summed E-state index contributed by atoms with van der Waals surface area (Å²) in [5.41, 5.74) is 1.65. The molecule has 0 radical (unpaired) electrons. The maximum atomic E-state index is 11.8. The predicted molar refractivity (Wildman–Crippen MR) is 85.0 cm³/mol. The van der Waals surface area contributed by atoms with Crippen LogP contribution >= 0.6 is 11.3 Å². The molecule has 118 valence electrons. The molecule has 5 nitrogen and oxygen atoms in total. The zero-order valence-corrected chi connectivity index (χ0v) is 13.5. The van der Waals surface area contributed by atoms with E-state index in [0.29, 0.717) is 16.5 Å². The van der Waals surface area contributed by atoms with E-state index in [1.165, 1.54) is 22.6 Å². The van der Waals surface area contributed by atoms with Crippen molar-refractivity contribution in [3.63, 3.8) is 0 Å². The van der Waals surface area contributed by atoms with Crippen LogP contribution in [0.25, 0.3) is 0 Å². The number of anilines is 1. The smallest absolute Gasteiger partial charge is 0.303 e. The molecular weight excluding hydrogens is 300 g/mol. The highest BCUT2D eigenvalue weighted by Gasteiger charge is 2.26. The van der Waals surface area contributed by atoms with E-state index >= 15 is 0 Å². The van der Waals surface area contributed by atoms with Gasteiger partial charge in [0.25, 0.3) is 0 Å². The summed E-state index contributed by atoms with van der Waals surface area (Å²) >= 11 is 1.48. The van der Waals surface area contributed by atoms with E-state index < -0.39 is 5.97 Å². The molecule has 0 unspecified atom stereocenters. The Balaban J connectivity index is 2.11. The van der Waals surface area contributed by atoms with Crippen molar-refractivity contribution in [2.24, 2.45) is 5.92 Å². The number of hydrogen-bond acceptors (Lipinski definition) is 4. The van der Waals surface area contributed by atoms with Gasteiger partial charge < -0.3 is 10.4 Å². The second-order valence-electron chi connectivity index (χ2n) is 5.66. The van der Waals surface area contributed by atoms with E-state index in [4.69, 9.17) is 5.11 Å². The van der Waals surface area contributed by atoms with Crippen LogP contribution in [0, 0.1) is 17.2 Å². The maximum absolute atomic E-state index is 11.8. The average Bonchev–Trinajstić information content (AvgIpc) is 2.81. The molecule has 1 aromatic heterocycles. The number of amides is 1. The lowest BCUT2D eigenvalue weighted by atomic mass is 9.85. The van der Waals surface area contributed by atoms with Crippen molar-refractivity contribution in [1.29, 1.82) is 5.26 Å². The molecule has 1 amide bonds. The van der Waals surface area contributed by atoms with Gasteiger partial charge in [-0.2, -0.15) is 5.26 Å². The van der Waals surface area contributed by atoms with E-state index in [1.54, 1.807) is 0 Å². The Kier molecular flexibility index (Phi) is 5.56. The van der Waals surface area contributed by atoms with Crippen LogP contribution in [0.3, 0.4) is 0 Å². The third kappa shape index (κ3) is 3.86. The van der Waals surface area contributed by atoms with Crippen molar-refractivity contribution in [3.8, 4) is 6.07 Å². The highest BCUT2D eigenvalue weighted by Crippen LogP contribution is 2.40. The number of rotatable bonds is 6. The van der Waals surface area contributed by atoms with Gasteiger partial charge in [-0.15, -0.1) is 11.3 Å². The van der Waals surface area contributed by atoms with Crippen LogP contribution in [0.4, 0.5) is 5.00 Å². The molecule has 0 bridgehead atoms. The second-order valence-corrected chi connectivity index (χ2v) is 6.76. The summed E-state index contributed by atoms with van der Waals surface area (Å²) in [7, 11) is 0. The highest BCUT2D eigenvalue weighted by molar-refractivity contribution is 7.16. The van der Waals surface area contributed by atoms with Crippen molar-refractivity contribution in [1.82, 2.24) is 0 Å². The summed E-state index contributed by atoms with van der Waals surface area (Å²) in [5, 5.41) is 21.3. The van der Waals surface area contributed by atoms with Gasteiger partial charge in [-0.05, 0) is 30.7 Å². The summed E-state index contributed by atoms with van der Waals surface area (Å²) in [6.07, 6.45) is 5.06. The molecule has 6 heteroatoms. The number of aliphatic carboxylic acids is 1. The summed E-state index contributed by atoms with van der Waals surface area (Å²) in [6, 6.07) is 2.20. The first kappa shape index (κ1) is 16.5. The molecular formula is C16H20N2O3S. The zero-order chi connectivity index (χ0) is 16.1.